The zero-order valence-corrected chi connectivity index (χ0v) is 11.9. The Kier molecular flexibility index (Phi) is 5.03. The highest BCUT2D eigenvalue weighted by molar-refractivity contribution is 5.79. The molecule has 1 aromatic carbocycles. The molecule has 0 fully saturated rings. The Balaban J connectivity index is 2.88. The quantitative estimate of drug-likeness (QED) is 0.371. The van der Waals surface area contributed by atoms with E-state index in [4.69, 9.17) is 20.4 Å². The van der Waals surface area contributed by atoms with Crippen molar-refractivity contribution in [1.29, 1.82) is 0 Å². The SMILES string of the molecule is COc1ccc(OCC/C(N)=N/O)c(C(C)(C)C)c1. The molecule has 19 heavy (non-hydrogen) atoms. The number of hydrogen-bond acceptors (Lipinski definition) is 4. The van der Waals surface area contributed by atoms with Crippen LogP contribution in [0.2, 0.25) is 0 Å². The number of ether oxygens (including phenoxy) is 2. The van der Waals surface area contributed by atoms with Gasteiger partial charge in [-0.2, -0.15) is 0 Å². The smallest absolute Gasteiger partial charge is 0.142 e. The first-order chi connectivity index (χ1) is 8.88. The molecule has 0 aromatic heterocycles. The van der Waals surface area contributed by atoms with E-state index in [0.29, 0.717) is 13.0 Å². The third-order valence-corrected chi connectivity index (χ3v) is 2.74. The van der Waals surface area contributed by atoms with Crippen molar-refractivity contribution in [2.75, 3.05) is 13.7 Å². The standard InChI is InChI=1S/C14H22N2O3/c1-14(2,3)11-9-10(18-4)5-6-12(11)19-8-7-13(15)16-17/h5-6,9,17H,7-8H2,1-4H3,(H2,15,16). The number of rotatable bonds is 5. The monoisotopic (exact) mass is 266 g/mol. The van der Waals surface area contributed by atoms with E-state index in [1.54, 1.807) is 7.11 Å². The minimum atomic E-state index is -0.0551. The van der Waals surface area contributed by atoms with Gasteiger partial charge < -0.3 is 20.4 Å². The molecular weight excluding hydrogens is 244 g/mol. The predicted molar refractivity (Wildman–Crippen MR) is 75.2 cm³/mol. The van der Waals surface area contributed by atoms with Crippen LogP contribution in [0.1, 0.15) is 32.8 Å². The molecule has 0 heterocycles. The maximum atomic E-state index is 8.47. The molecule has 0 atom stereocenters. The normalized spacial score (nSPS) is 12.3. The van der Waals surface area contributed by atoms with Crippen molar-refractivity contribution in [2.45, 2.75) is 32.6 Å². The van der Waals surface area contributed by atoms with E-state index < -0.39 is 0 Å². The summed E-state index contributed by atoms with van der Waals surface area (Å²) in [5.74, 6) is 1.75. The molecule has 0 radical (unpaired) electrons. The molecule has 0 bridgehead atoms. The Bertz CT molecular complexity index is 450. The molecule has 0 saturated heterocycles. The number of nitrogens with two attached hydrogens (primary N) is 1. The van der Waals surface area contributed by atoms with Gasteiger partial charge in [-0.1, -0.05) is 25.9 Å². The van der Waals surface area contributed by atoms with Gasteiger partial charge in [0.05, 0.1) is 13.7 Å². The van der Waals surface area contributed by atoms with Crippen LogP contribution < -0.4 is 15.2 Å². The van der Waals surface area contributed by atoms with Crippen LogP contribution in [-0.2, 0) is 5.41 Å². The first-order valence-electron chi connectivity index (χ1n) is 6.16. The zero-order chi connectivity index (χ0) is 14.5. The van der Waals surface area contributed by atoms with Gasteiger partial charge in [-0.25, -0.2) is 0 Å². The predicted octanol–water partition coefficient (Wildman–Crippen LogP) is 2.51. The van der Waals surface area contributed by atoms with Crippen LogP contribution in [0, 0.1) is 0 Å². The molecule has 5 nitrogen and oxygen atoms in total. The molecule has 0 aliphatic rings. The Morgan fingerprint density at radius 2 is 2.05 bits per heavy atom. The minimum absolute atomic E-state index is 0.0551. The fourth-order valence-electron chi connectivity index (χ4n) is 1.66. The molecule has 0 aliphatic carbocycles. The molecule has 106 valence electrons. The highest BCUT2D eigenvalue weighted by Crippen LogP contribution is 2.34. The summed E-state index contributed by atoms with van der Waals surface area (Å²) in [6, 6.07) is 5.71. The maximum Gasteiger partial charge on any atom is 0.142 e. The Morgan fingerprint density at radius 3 is 2.58 bits per heavy atom. The third-order valence-electron chi connectivity index (χ3n) is 2.74. The Labute approximate surface area is 114 Å². The summed E-state index contributed by atoms with van der Waals surface area (Å²) >= 11 is 0. The lowest BCUT2D eigenvalue weighted by molar-refractivity contribution is 0.301. The summed E-state index contributed by atoms with van der Waals surface area (Å²) in [6.07, 6.45) is 0.381. The van der Waals surface area contributed by atoms with Crippen molar-refractivity contribution in [3.63, 3.8) is 0 Å². The molecule has 1 rings (SSSR count). The van der Waals surface area contributed by atoms with Crippen molar-refractivity contribution in [3.8, 4) is 11.5 Å². The summed E-state index contributed by atoms with van der Waals surface area (Å²) in [5, 5.41) is 11.4. The maximum absolute atomic E-state index is 8.47. The van der Waals surface area contributed by atoms with E-state index in [0.717, 1.165) is 17.1 Å². The van der Waals surface area contributed by atoms with Crippen LogP contribution in [0.15, 0.2) is 23.4 Å². The van der Waals surface area contributed by atoms with Gasteiger partial charge in [0.25, 0.3) is 0 Å². The highest BCUT2D eigenvalue weighted by Gasteiger charge is 2.20. The van der Waals surface area contributed by atoms with Gasteiger partial charge in [-0.3, -0.25) is 0 Å². The summed E-state index contributed by atoms with van der Waals surface area (Å²) < 4.78 is 10.9. The molecule has 1 aromatic rings. The topological polar surface area (TPSA) is 77.1 Å². The largest absolute Gasteiger partial charge is 0.497 e. The van der Waals surface area contributed by atoms with Gasteiger partial charge in [0.2, 0.25) is 0 Å². The van der Waals surface area contributed by atoms with E-state index in [1.807, 2.05) is 18.2 Å². The van der Waals surface area contributed by atoms with Crippen LogP contribution in [0.4, 0.5) is 0 Å². The van der Waals surface area contributed by atoms with Crippen molar-refractivity contribution < 1.29 is 14.7 Å². The van der Waals surface area contributed by atoms with Crippen LogP contribution in [0.25, 0.3) is 0 Å². The molecule has 0 aliphatic heterocycles. The summed E-state index contributed by atoms with van der Waals surface area (Å²) in [6.45, 7) is 6.69. The van der Waals surface area contributed by atoms with Gasteiger partial charge in [-0.15, -0.1) is 0 Å². The fourth-order valence-corrected chi connectivity index (χ4v) is 1.66. The van der Waals surface area contributed by atoms with Crippen molar-refractivity contribution in [2.24, 2.45) is 10.9 Å². The molecule has 0 unspecified atom stereocenters. The van der Waals surface area contributed by atoms with Gasteiger partial charge in [0.1, 0.15) is 17.3 Å². The molecule has 3 N–H and O–H groups in total. The number of nitrogens with zero attached hydrogens (tertiary/aromatic N) is 1. The second-order valence-corrected chi connectivity index (χ2v) is 5.30. The molecular formula is C14H22N2O3. The first-order valence-corrected chi connectivity index (χ1v) is 6.16. The Hall–Kier alpha value is -1.91. The minimum Gasteiger partial charge on any atom is -0.497 e. The second kappa shape index (κ2) is 6.31. The number of methoxy groups -OCH3 is 1. The number of amidine groups is 1. The number of benzene rings is 1. The van der Waals surface area contributed by atoms with E-state index in [9.17, 15) is 0 Å². The highest BCUT2D eigenvalue weighted by atomic mass is 16.5. The number of oxime groups is 1. The lowest BCUT2D eigenvalue weighted by atomic mass is 9.86. The fraction of sp³-hybridized carbons (Fsp3) is 0.500. The summed E-state index contributed by atoms with van der Waals surface area (Å²) in [5.41, 5.74) is 6.41. The van der Waals surface area contributed by atoms with Gasteiger partial charge in [-0.05, 0) is 23.6 Å². The van der Waals surface area contributed by atoms with Crippen LogP contribution >= 0.6 is 0 Å². The van der Waals surface area contributed by atoms with Gasteiger partial charge >= 0.3 is 0 Å². The third kappa shape index (κ3) is 4.35. The molecule has 0 spiro atoms. The molecule has 5 heteroatoms. The first kappa shape index (κ1) is 15.1. The number of hydrogen-bond donors (Lipinski definition) is 2. The zero-order valence-electron chi connectivity index (χ0n) is 11.9. The summed E-state index contributed by atoms with van der Waals surface area (Å²) in [7, 11) is 1.64. The lowest BCUT2D eigenvalue weighted by Gasteiger charge is -2.23. The molecule has 0 saturated carbocycles. The van der Waals surface area contributed by atoms with E-state index in [-0.39, 0.29) is 11.3 Å². The molecule has 0 amide bonds. The average molecular weight is 266 g/mol. The van der Waals surface area contributed by atoms with E-state index in [2.05, 4.69) is 25.9 Å². The summed E-state index contributed by atoms with van der Waals surface area (Å²) in [4.78, 5) is 0. The van der Waals surface area contributed by atoms with Crippen LogP contribution in [0.5, 0.6) is 11.5 Å². The van der Waals surface area contributed by atoms with Gasteiger partial charge in [0, 0.05) is 12.0 Å². The van der Waals surface area contributed by atoms with Gasteiger partial charge in [0.15, 0.2) is 0 Å². The lowest BCUT2D eigenvalue weighted by Crippen LogP contribution is -2.17. The Morgan fingerprint density at radius 1 is 1.37 bits per heavy atom. The van der Waals surface area contributed by atoms with Crippen molar-refractivity contribution >= 4 is 5.84 Å². The average Bonchev–Trinajstić information content (AvgIpc) is 2.37. The van der Waals surface area contributed by atoms with Crippen LogP contribution in [-0.4, -0.2) is 24.8 Å². The van der Waals surface area contributed by atoms with Crippen molar-refractivity contribution in [1.82, 2.24) is 0 Å². The second-order valence-electron chi connectivity index (χ2n) is 5.30. The van der Waals surface area contributed by atoms with E-state index >= 15 is 0 Å². The van der Waals surface area contributed by atoms with E-state index in [1.165, 1.54) is 0 Å². The van der Waals surface area contributed by atoms with Crippen LogP contribution in [0.3, 0.4) is 0 Å². The van der Waals surface area contributed by atoms with Crippen molar-refractivity contribution in [3.05, 3.63) is 23.8 Å².